The molecular formula is C19H25FN4O2S. The van der Waals surface area contributed by atoms with Gasteiger partial charge in [-0.1, -0.05) is 12.1 Å². The Morgan fingerprint density at radius 1 is 1.41 bits per heavy atom. The molecule has 1 unspecified atom stereocenters. The molecule has 0 saturated carbocycles. The zero-order valence-electron chi connectivity index (χ0n) is 15.5. The molecule has 0 spiro atoms. The highest BCUT2D eigenvalue weighted by Crippen LogP contribution is 2.25. The van der Waals surface area contributed by atoms with E-state index in [1.165, 1.54) is 23.7 Å². The second kappa shape index (κ2) is 9.75. The van der Waals surface area contributed by atoms with E-state index < -0.39 is 0 Å². The van der Waals surface area contributed by atoms with Gasteiger partial charge in [0.05, 0.1) is 5.92 Å². The predicted molar refractivity (Wildman–Crippen MR) is 104 cm³/mol. The number of piperidine rings is 1. The molecule has 6 nitrogen and oxygen atoms in total. The molecule has 1 aromatic heterocycles. The fraction of sp³-hybridized carbons (Fsp3) is 0.526. The Kier molecular flexibility index (Phi) is 7.11. The first kappa shape index (κ1) is 19.7. The lowest BCUT2D eigenvalue weighted by molar-refractivity contribution is -0.125. The van der Waals surface area contributed by atoms with Crippen LogP contribution in [0.3, 0.4) is 0 Å². The van der Waals surface area contributed by atoms with E-state index in [0.29, 0.717) is 26.1 Å². The van der Waals surface area contributed by atoms with E-state index in [1.54, 1.807) is 19.2 Å². The van der Waals surface area contributed by atoms with Gasteiger partial charge in [0.2, 0.25) is 11.0 Å². The number of nitrogens with zero attached hydrogens (tertiary/aromatic N) is 3. The minimum Gasteiger partial charge on any atom is -0.385 e. The number of carbonyl (C=O) groups excluding carboxylic acids is 1. The Balaban J connectivity index is 1.54. The number of rotatable bonds is 8. The number of ether oxygens (including phenoxy) is 1. The highest BCUT2D eigenvalue weighted by molar-refractivity contribution is 7.09. The van der Waals surface area contributed by atoms with Crippen molar-refractivity contribution in [2.24, 2.45) is 5.92 Å². The number of hydrogen-bond donors (Lipinski definition) is 1. The summed E-state index contributed by atoms with van der Waals surface area (Å²) in [7, 11) is 1.66. The summed E-state index contributed by atoms with van der Waals surface area (Å²) in [5.41, 5.74) is 0.979. The molecule has 1 N–H and O–H groups in total. The number of methoxy groups -OCH3 is 1. The zero-order valence-corrected chi connectivity index (χ0v) is 16.3. The number of anilines is 1. The van der Waals surface area contributed by atoms with Gasteiger partial charge < -0.3 is 15.0 Å². The van der Waals surface area contributed by atoms with Gasteiger partial charge in [0.1, 0.15) is 11.6 Å². The first-order valence-electron chi connectivity index (χ1n) is 9.24. The molecule has 1 amide bonds. The van der Waals surface area contributed by atoms with Gasteiger partial charge >= 0.3 is 0 Å². The number of hydrogen-bond acceptors (Lipinski definition) is 6. The monoisotopic (exact) mass is 392 g/mol. The van der Waals surface area contributed by atoms with Gasteiger partial charge in [-0.15, -0.1) is 0 Å². The summed E-state index contributed by atoms with van der Waals surface area (Å²) in [6.45, 7) is 2.85. The van der Waals surface area contributed by atoms with Crippen molar-refractivity contribution in [3.8, 4) is 0 Å². The van der Waals surface area contributed by atoms with Crippen molar-refractivity contribution in [1.82, 2.24) is 14.7 Å². The van der Waals surface area contributed by atoms with Crippen LogP contribution < -0.4 is 10.2 Å². The molecule has 1 fully saturated rings. The van der Waals surface area contributed by atoms with Crippen LogP contribution in [0.25, 0.3) is 0 Å². The van der Waals surface area contributed by atoms with Crippen LogP contribution in [0.1, 0.15) is 30.7 Å². The summed E-state index contributed by atoms with van der Waals surface area (Å²) >= 11 is 1.36. The number of aromatic nitrogens is 2. The molecule has 1 aliphatic heterocycles. The minimum atomic E-state index is -0.245. The number of nitrogens with one attached hydrogen (secondary N) is 1. The molecule has 0 aliphatic carbocycles. The summed E-state index contributed by atoms with van der Waals surface area (Å²) in [5, 5.41) is 3.84. The van der Waals surface area contributed by atoms with E-state index >= 15 is 0 Å². The fourth-order valence-electron chi connectivity index (χ4n) is 3.17. The van der Waals surface area contributed by atoms with E-state index in [4.69, 9.17) is 4.74 Å². The Morgan fingerprint density at radius 2 is 2.22 bits per heavy atom. The van der Waals surface area contributed by atoms with Crippen LogP contribution in [0, 0.1) is 11.7 Å². The molecule has 2 aromatic rings. The van der Waals surface area contributed by atoms with Crippen LogP contribution >= 0.6 is 11.5 Å². The summed E-state index contributed by atoms with van der Waals surface area (Å²) < 4.78 is 22.4. The van der Waals surface area contributed by atoms with Crippen LogP contribution in [0.5, 0.6) is 0 Å². The van der Waals surface area contributed by atoms with Crippen molar-refractivity contribution in [2.45, 2.75) is 25.7 Å². The second-order valence-electron chi connectivity index (χ2n) is 6.72. The third-order valence-corrected chi connectivity index (χ3v) is 5.43. The quantitative estimate of drug-likeness (QED) is 0.700. The predicted octanol–water partition coefficient (Wildman–Crippen LogP) is 2.64. The van der Waals surface area contributed by atoms with E-state index in [-0.39, 0.29) is 17.6 Å². The maximum absolute atomic E-state index is 13.0. The number of halogens is 1. The smallest absolute Gasteiger partial charge is 0.224 e. The lowest BCUT2D eigenvalue weighted by Crippen LogP contribution is -2.43. The highest BCUT2D eigenvalue weighted by atomic mass is 32.1. The molecule has 3 rings (SSSR count). The molecule has 27 heavy (non-hydrogen) atoms. The second-order valence-corrected chi connectivity index (χ2v) is 7.45. The van der Waals surface area contributed by atoms with Crippen LogP contribution in [-0.2, 0) is 16.0 Å². The summed E-state index contributed by atoms with van der Waals surface area (Å²) in [4.78, 5) is 19.1. The molecule has 0 bridgehead atoms. The van der Waals surface area contributed by atoms with Gasteiger partial charge in [-0.25, -0.2) is 9.37 Å². The standard InChI is InChI=1S/C19H25FN4O2S/c1-26-11-3-9-21-18(25)15-4-2-10-24(13-15)19-22-17(23-27-19)12-14-5-7-16(20)8-6-14/h5-8,15H,2-4,9-13H2,1H3,(H,21,25). The number of carbonyl (C=O) groups is 1. The van der Waals surface area contributed by atoms with Crippen molar-refractivity contribution >= 4 is 22.6 Å². The van der Waals surface area contributed by atoms with Crippen molar-refractivity contribution in [3.63, 3.8) is 0 Å². The Hall–Kier alpha value is -2.06. The third kappa shape index (κ3) is 5.71. The average molecular weight is 393 g/mol. The molecule has 8 heteroatoms. The Morgan fingerprint density at radius 3 is 3.00 bits per heavy atom. The van der Waals surface area contributed by atoms with Crippen LogP contribution in [0.4, 0.5) is 9.52 Å². The molecule has 1 aliphatic rings. The molecule has 1 aromatic carbocycles. The Bertz CT molecular complexity index is 738. The molecule has 2 heterocycles. The van der Waals surface area contributed by atoms with Gasteiger partial charge in [0.15, 0.2) is 0 Å². The normalized spacial score (nSPS) is 17.1. The van der Waals surface area contributed by atoms with Crippen LogP contribution in [-0.4, -0.2) is 48.6 Å². The van der Waals surface area contributed by atoms with E-state index in [2.05, 4.69) is 19.6 Å². The van der Waals surface area contributed by atoms with E-state index in [9.17, 15) is 9.18 Å². The van der Waals surface area contributed by atoms with Gasteiger partial charge in [0.25, 0.3) is 0 Å². The lowest BCUT2D eigenvalue weighted by Gasteiger charge is -2.31. The molecule has 146 valence electrons. The summed E-state index contributed by atoms with van der Waals surface area (Å²) in [6.07, 6.45) is 3.26. The number of benzene rings is 1. The van der Waals surface area contributed by atoms with Crippen molar-refractivity contribution in [1.29, 1.82) is 0 Å². The van der Waals surface area contributed by atoms with E-state index in [1.807, 2.05) is 0 Å². The SMILES string of the molecule is COCCCNC(=O)C1CCCN(c2nc(Cc3ccc(F)cc3)ns2)C1. The first-order valence-corrected chi connectivity index (χ1v) is 10.0. The highest BCUT2D eigenvalue weighted by Gasteiger charge is 2.27. The fourth-order valence-corrected chi connectivity index (χ4v) is 3.89. The van der Waals surface area contributed by atoms with Crippen LogP contribution in [0.2, 0.25) is 0 Å². The topological polar surface area (TPSA) is 67.3 Å². The van der Waals surface area contributed by atoms with Crippen molar-refractivity contribution in [3.05, 3.63) is 41.5 Å². The largest absolute Gasteiger partial charge is 0.385 e. The Labute approximate surface area is 162 Å². The summed E-state index contributed by atoms with van der Waals surface area (Å²) in [5.74, 6) is 0.566. The van der Waals surface area contributed by atoms with Crippen LogP contribution in [0.15, 0.2) is 24.3 Å². The molecule has 1 atom stereocenters. The molecule has 0 radical (unpaired) electrons. The van der Waals surface area contributed by atoms with Crippen molar-refractivity contribution < 1.29 is 13.9 Å². The summed E-state index contributed by atoms with van der Waals surface area (Å²) in [6, 6.07) is 6.40. The van der Waals surface area contributed by atoms with Gasteiger partial charge in [0, 0.05) is 51.3 Å². The third-order valence-electron chi connectivity index (χ3n) is 4.62. The molecular weight excluding hydrogens is 367 g/mol. The maximum Gasteiger partial charge on any atom is 0.224 e. The number of amides is 1. The van der Waals surface area contributed by atoms with Gasteiger partial charge in [-0.05, 0) is 37.0 Å². The minimum absolute atomic E-state index is 0.0225. The van der Waals surface area contributed by atoms with Gasteiger partial charge in [-0.2, -0.15) is 4.37 Å². The van der Waals surface area contributed by atoms with Gasteiger partial charge in [-0.3, -0.25) is 4.79 Å². The molecule has 1 saturated heterocycles. The zero-order chi connectivity index (χ0) is 19.1. The van der Waals surface area contributed by atoms with E-state index in [0.717, 1.165) is 42.3 Å². The maximum atomic E-state index is 13.0. The average Bonchev–Trinajstić information content (AvgIpc) is 3.15. The van der Waals surface area contributed by atoms with Crippen molar-refractivity contribution in [2.75, 3.05) is 38.3 Å². The first-order chi connectivity index (χ1) is 13.2. The lowest BCUT2D eigenvalue weighted by atomic mass is 9.97.